The lowest BCUT2D eigenvalue weighted by molar-refractivity contribution is -0.133. The third-order valence-corrected chi connectivity index (χ3v) is 3.37. The maximum Gasteiger partial charge on any atom is 0.223 e. The molecule has 2 bridgehead atoms. The van der Waals surface area contributed by atoms with Gasteiger partial charge in [0.05, 0.1) is 0 Å². The number of carbonyl (C=O) groups is 1. The van der Waals surface area contributed by atoms with E-state index in [1.807, 2.05) is 4.90 Å². The van der Waals surface area contributed by atoms with Crippen LogP contribution in [0.25, 0.3) is 0 Å². The lowest BCUT2D eigenvalue weighted by atomic mass is 9.81. The molecule has 3 fully saturated rings. The monoisotopic (exact) mass is 196 g/mol. The van der Waals surface area contributed by atoms with Gasteiger partial charge in [0.1, 0.15) is 0 Å². The van der Waals surface area contributed by atoms with Gasteiger partial charge in [-0.25, -0.2) is 0 Å². The summed E-state index contributed by atoms with van der Waals surface area (Å²) in [4.78, 5) is 13.9. The van der Waals surface area contributed by atoms with E-state index in [0.717, 1.165) is 13.0 Å². The molecular weight excluding hydrogens is 176 g/mol. The Morgan fingerprint density at radius 2 is 2.14 bits per heavy atom. The van der Waals surface area contributed by atoms with Crippen LogP contribution in [0, 0.1) is 11.3 Å². The van der Waals surface area contributed by atoms with Gasteiger partial charge in [0.2, 0.25) is 5.91 Å². The molecule has 3 atom stereocenters. The first kappa shape index (κ1) is 9.97. The lowest BCUT2D eigenvalue weighted by Gasteiger charge is -2.34. The Kier molecular flexibility index (Phi) is 2.11. The second-order valence-corrected chi connectivity index (χ2v) is 5.92. The number of rotatable bonds is 1. The van der Waals surface area contributed by atoms with Gasteiger partial charge in [0.15, 0.2) is 0 Å². The first-order valence-electron chi connectivity index (χ1n) is 5.43. The highest BCUT2D eigenvalue weighted by atomic mass is 16.2. The van der Waals surface area contributed by atoms with Crippen LogP contribution in [0.1, 0.15) is 33.6 Å². The first-order chi connectivity index (χ1) is 6.38. The van der Waals surface area contributed by atoms with Crippen molar-refractivity contribution in [1.82, 2.24) is 4.90 Å². The number of hydrogen-bond acceptors (Lipinski definition) is 2. The van der Waals surface area contributed by atoms with Gasteiger partial charge in [-0.05, 0) is 17.8 Å². The molecular formula is C11H20N2O. The third kappa shape index (κ3) is 1.54. The van der Waals surface area contributed by atoms with E-state index in [0.29, 0.717) is 18.4 Å². The molecule has 2 heterocycles. The van der Waals surface area contributed by atoms with Crippen molar-refractivity contribution < 1.29 is 4.79 Å². The standard InChI is InChI=1S/C11H20N2O/c1-11(2,3)5-9(14)13-6-7-4-8(13)10(7)12/h7-8,10H,4-6,12H2,1-3H3. The van der Waals surface area contributed by atoms with Gasteiger partial charge in [-0.2, -0.15) is 0 Å². The quantitative estimate of drug-likeness (QED) is 0.679. The van der Waals surface area contributed by atoms with Gasteiger partial charge in [-0.1, -0.05) is 20.8 Å². The van der Waals surface area contributed by atoms with Crippen LogP contribution >= 0.6 is 0 Å². The van der Waals surface area contributed by atoms with E-state index in [1.165, 1.54) is 0 Å². The second-order valence-electron chi connectivity index (χ2n) is 5.92. The minimum absolute atomic E-state index is 0.0914. The number of hydrogen-bond donors (Lipinski definition) is 1. The fraction of sp³-hybridized carbons (Fsp3) is 0.909. The summed E-state index contributed by atoms with van der Waals surface area (Å²) >= 11 is 0. The fourth-order valence-corrected chi connectivity index (χ4v) is 2.50. The van der Waals surface area contributed by atoms with Crippen LogP contribution in [-0.4, -0.2) is 29.4 Å². The molecule has 3 heteroatoms. The molecule has 2 aliphatic heterocycles. The number of carbonyl (C=O) groups excluding carboxylic acids is 1. The van der Waals surface area contributed by atoms with E-state index >= 15 is 0 Å². The van der Waals surface area contributed by atoms with Crippen molar-refractivity contribution >= 4 is 5.91 Å². The van der Waals surface area contributed by atoms with Crippen molar-refractivity contribution in [3.05, 3.63) is 0 Å². The van der Waals surface area contributed by atoms with E-state index in [9.17, 15) is 4.79 Å². The van der Waals surface area contributed by atoms with Crippen molar-refractivity contribution in [3.8, 4) is 0 Å². The third-order valence-electron chi connectivity index (χ3n) is 3.37. The zero-order chi connectivity index (χ0) is 10.5. The number of nitrogens with two attached hydrogens (primary N) is 1. The van der Waals surface area contributed by atoms with Crippen LogP contribution < -0.4 is 5.73 Å². The summed E-state index contributed by atoms with van der Waals surface area (Å²) in [6, 6.07) is 0.619. The molecule has 3 aliphatic rings. The smallest absolute Gasteiger partial charge is 0.223 e. The fourth-order valence-electron chi connectivity index (χ4n) is 2.50. The average molecular weight is 196 g/mol. The Morgan fingerprint density at radius 1 is 1.50 bits per heavy atom. The largest absolute Gasteiger partial charge is 0.338 e. The molecule has 80 valence electrons. The van der Waals surface area contributed by atoms with E-state index in [2.05, 4.69) is 20.8 Å². The van der Waals surface area contributed by atoms with Crippen LogP contribution in [0.3, 0.4) is 0 Å². The van der Waals surface area contributed by atoms with Crippen molar-refractivity contribution in [2.75, 3.05) is 6.54 Å². The van der Waals surface area contributed by atoms with E-state index in [1.54, 1.807) is 0 Å². The molecule has 2 N–H and O–H groups in total. The summed E-state index contributed by atoms with van der Waals surface area (Å²) in [7, 11) is 0. The van der Waals surface area contributed by atoms with Crippen LogP contribution in [0.15, 0.2) is 0 Å². The molecule has 0 aromatic rings. The molecule has 14 heavy (non-hydrogen) atoms. The topological polar surface area (TPSA) is 46.3 Å². The van der Waals surface area contributed by atoms with Gasteiger partial charge >= 0.3 is 0 Å². The summed E-state index contributed by atoms with van der Waals surface area (Å²) in [6.07, 6.45) is 1.78. The summed E-state index contributed by atoms with van der Waals surface area (Å²) < 4.78 is 0. The first-order valence-corrected chi connectivity index (χ1v) is 5.43. The molecule has 2 saturated heterocycles. The predicted octanol–water partition coefficient (Wildman–Crippen LogP) is 0.981. The highest BCUT2D eigenvalue weighted by Gasteiger charge is 2.51. The van der Waals surface area contributed by atoms with Crippen molar-refractivity contribution in [1.29, 1.82) is 0 Å². The number of amides is 1. The maximum absolute atomic E-state index is 11.9. The SMILES string of the molecule is CC(C)(C)CC(=O)N1CC2CC1C2N. The Bertz CT molecular complexity index is 257. The molecule has 1 aliphatic carbocycles. The minimum Gasteiger partial charge on any atom is -0.338 e. The second kappa shape index (κ2) is 2.96. The van der Waals surface area contributed by atoms with Crippen molar-refractivity contribution in [3.63, 3.8) is 0 Å². The molecule has 1 amide bonds. The van der Waals surface area contributed by atoms with E-state index in [4.69, 9.17) is 5.73 Å². The van der Waals surface area contributed by atoms with E-state index < -0.39 is 0 Å². The van der Waals surface area contributed by atoms with Gasteiger partial charge < -0.3 is 10.6 Å². The molecule has 0 aromatic heterocycles. The predicted molar refractivity (Wildman–Crippen MR) is 55.7 cm³/mol. The molecule has 3 unspecified atom stereocenters. The normalized spacial score (nSPS) is 35.7. The summed E-state index contributed by atoms with van der Waals surface area (Å²) in [6.45, 7) is 7.21. The van der Waals surface area contributed by atoms with Gasteiger partial charge in [0.25, 0.3) is 0 Å². The molecule has 0 spiro atoms. The lowest BCUT2D eigenvalue weighted by Crippen LogP contribution is -2.50. The Labute approximate surface area is 85.6 Å². The zero-order valence-corrected chi connectivity index (χ0v) is 9.29. The van der Waals surface area contributed by atoms with Crippen LogP contribution in [0.5, 0.6) is 0 Å². The average Bonchev–Trinajstić information content (AvgIpc) is 2.55. The number of nitrogens with zero attached hydrogens (tertiary/aromatic N) is 1. The van der Waals surface area contributed by atoms with E-state index in [-0.39, 0.29) is 17.4 Å². The highest BCUT2D eigenvalue weighted by Crippen LogP contribution is 2.40. The van der Waals surface area contributed by atoms with Crippen LogP contribution in [0.2, 0.25) is 0 Å². The minimum atomic E-state index is 0.0914. The zero-order valence-electron chi connectivity index (χ0n) is 9.29. The highest BCUT2D eigenvalue weighted by molar-refractivity contribution is 5.78. The summed E-state index contributed by atoms with van der Waals surface area (Å²) in [5.74, 6) is 0.877. The van der Waals surface area contributed by atoms with Crippen molar-refractivity contribution in [2.45, 2.75) is 45.7 Å². The molecule has 3 nitrogen and oxygen atoms in total. The van der Waals surface area contributed by atoms with Crippen LogP contribution in [0.4, 0.5) is 0 Å². The molecule has 1 saturated carbocycles. The molecule has 0 aromatic carbocycles. The van der Waals surface area contributed by atoms with Crippen molar-refractivity contribution in [2.24, 2.45) is 17.1 Å². The van der Waals surface area contributed by atoms with Gasteiger partial charge in [-0.15, -0.1) is 0 Å². The summed E-state index contributed by atoms with van der Waals surface area (Å²) in [5.41, 5.74) is 6.02. The number of fused-ring (bicyclic) bond motifs is 1. The van der Waals surface area contributed by atoms with Gasteiger partial charge in [-0.3, -0.25) is 4.79 Å². The Morgan fingerprint density at radius 3 is 2.50 bits per heavy atom. The Hall–Kier alpha value is -0.570. The van der Waals surface area contributed by atoms with Crippen LogP contribution in [-0.2, 0) is 4.79 Å². The molecule has 0 radical (unpaired) electrons. The van der Waals surface area contributed by atoms with Gasteiger partial charge in [0, 0.05) is 25.0 Å². The molecule has 3 rings (SSSR count). The Balaban J connectivity index is 1.94. The maximum atomic E-state index is 11.9. The summed E-state index contributed by atoms with van der Waals surface area (Å²) in [5, 5.41) is 0.